The number of halogens is 3. The minimum atomic E-state index is -4.45. The van der Waals surface area contributed by atoms with Gasteiger partial charge in [0.25, 0.3) is 5.91 Å². The smallest absolute Gasteiger partial charge is 0.357 e. The summed E-state index contributed by atoms with van der Waals surface area (Å²) >= 11 is 0. The quantitative estimate of drug-likeness (QED) is 0.864. The van der Waals surface area contributed by atoms with Crippen molar-refractivity contribution in [3.05, 3.63) is 47.2 Å². The van der Waals surface area contributed by atoms with Gasteiger partial charge in [-0.1, -0.05) is 6.07 Å². The van der Waals surface area contributed by atoms with E-state index in [0.717, 1.165) is 18.9 Å². The van der Waals surface area contributed by atoms with Crippen molar-refractivity contribution in [1.29, 1.82) is 0 Å². The third-order valence-corrected chi connectivity index (χ3v) is 4.97. The summed E-state index contributed by atoms with van der Waals surface area (Å²) in [4.78, 5) is 26.1. The predicted molar refractivity (Wildman–Crippen MR) is 98.0 cm³/mol. The van der Waals surface area contributed by atoms with Gasteiger partial charge in [-0.2, -0.15) is 13.2 Å². The molecule has 1 aliphatic rings. The van der Waals surface area contributed by atoms with Crippen LogP contribution in [-0.4, -0.2) is 40.5 Å². The van der Waals surface area contributed by atoms with E-state index in [-0.39, 0.29) is 11.8 Å². The van der Waals surface area contributed by atoms with Crippen molar-refractivity contribution in [2.45, 2.75) is 32.9 Å². The van der Waals surface area contributed by atoms with Crippen LogP contribution in [0.15, 0.2) is 24.5 Å². The number of rotatable bonds is 4. The monoisotopic (exact) mass is 393 g/mol. The Labute approximate surface area is 161 Å². The van der Waals surface area contributed by atoms with Crippen LogP contribution in [0, 0.1) is 19.8 Å². The summed E-state index contributed by atoms with van der Waals surface area (Å²) in [6.07, 6.45) is -1.49. The Morgan fingerprint density at radius 1 is 1.18 bits per heavy atom. The molecule has 0 unspecified atom stereocenters. The maximum Gasteiger partial charge on any atom is 0.433 e. The summed E-state index contributed by atoms with van der Waals surface area (Å²) in [6.45, 7) is 5.24. The lowest BCUT2D eigenvalue weighted by Crippen LogP contribution is -2.39. The number of aromatic nitrogens is 3. The maximum atomic E-state index is 12.8. The number of anilines is 1. The van der Waals surface area contributed by atoms with Crippen molar-refractivity contribution in [2.24, 2.45) is 5.92 Å². The number of alkyl halides is 3. The second-order valence-corrected chi connectivity index (χ2v) is 6.94. The highest BCUT2D eigenvalue weighted by Gasteiger charge is 2.33. The first kappa shape index (κ1) is 20.0. The van der Waals surface area contributed by atoms with Crippen LogP contribution in [0.1, 0.15) is 40.3 Å². The molecular weight excluding hydrogens is 371 g/mol. The Bertz CT molecular complexity index is 827. The average Bonchev–Trinajstić information content (AvgIpc) is 2.66. The molecule has 28 heavy (non-hydrogen) atoms. The van der Waals surface area contributed by atoms with E-state index < -0.39 is 11.9 Å². The first-order valence-electron chi connectivity index (χ1n) is 9.11. The van der Waals surface area contributed by atoms with Gasteiger partial charge in [0.05, 0.1) is 17.0 Å². The first-order valence-corrected chi connectivity index (χ1v) is 9.11. The molecule has 1 fully saturated rings. The number of hydrogen-bond donors (Lipinski definition) is 1. The molecule has 9 heteroatoms. The van der Waals surface area contributed by atoms with Crippen molar-refractivity contribution in [1.82, 2.24) is 20.3 Å². The highest BCUT2D eigenvalue weighted by Crippen LogP contribution is 2.30. The highest BCUT2D eigenvalue weighted by molar-refractivity contribution is 5.96. The van der Waals surface area contributed by atoms with Gasteiger partial charge in [0, 0.05) is 19.6 Å². The van der Waals surface area contributed by atoms with E-state index >= 15 is 0 Å². The van der Waals surface area contributed by atoms with Gasteiger partial charge in [-0.25, -0.2) is 15.0 Å². The zero-order chi connectivity index (χ0) is 20.3. The molecule has 1 amide bonds. The second-order valence-electron chi connectivity index (χ2n) is 6.94. The van der Waals surface area contributed by atoms with Crippen LogP contribution in [0.4, 0.5) is 19.0 Å². The fourth-order valence-corrected chi connectivity index (χ4v) is 3.37. The standard InChI is InChI=1S/C19H22F3N5O/c1-12-17(13(2)25-11-24-12)18(28)23-10-14-6-8-27(9-7-14)16-5-3-4-15(26-16)19(20,21)22/h3-5,11,14H,6-10H2,1-2H3,(H,23,28). The molecule has 150 valence electrons. The summed E-state index contributed by atoms with van der Waals surface area (Å²) < 4.78 is 38.5. The second kappa shape index (κ2) is 8.12. The molecular formula is C19H22F3N5O. The molecule has 0 bridgehead atoms. The van der Waals surface area contributed by atoms with E-state index in [9.17, 15) is 18.0 Å². The molecule has 3 heterocycles. The highest BCUT2D eigenvalue weighted by atomic mass is 19.4. The Hall–Kier alpha value is -2.71. The number of amides is 1. The topological polar surface area (TPSA) is 71.0 Å². The van der Waals surface area contributed by atoms with E-state index in [1.165, 1.54) is 12.4 Å². The van der Waals surface area contributed by atoms with Crippen LogP contribution in [0.5, 0.6) is 0 Å². The van der Waals surface area contributed by atoms with Crippen molar-refractivity contribution >= 4 is 11.7 Å². The van der Waals surface area contributed by atoms with Gasteiger partial charge in [0.1, 0.15) is 17.8 Å². The van der Waals surface area contributed by atoms with Gasteiger partial charge in [0.2, 0.25) is 0 Å². The fraction of sp³-hybridized carbons (Fsp3) is 0.474. The molecule has 0 spiro atoms. The molecule has 1 saturated heterocycles. The lowest BCUT2D eigenvalue weighted by Gasteiger charge is -2.33. The normalized spacial score (nSPS) is 15.5. The molecule has 0 saturated carbocycles. The summed E-state index contributed by atoms with van der Waals surface area (Å²) in [6, 6.07) is 3.95. The zero-order valence-corrected chi connectivity index (χ0v) is 15.8. The lowest BCUT2D eigenvalue weighted by atomic mass is 9.96. The van der Waals surface area contributed by atoms with Gasteiger partial charge < -0.3 is 10.2 Å². The Balaban J connectivity index is 1.54. The number of piperidine rings is 1. The van der Waals surface area contributed by atoms with E-state index in [4.69, 9.17) is 0 Å². The van der Waals surface area contributed by atoms with Crippen LogP contribution in [-0.2, 0) is 6.18 Å². The number of carbonyl (C=O) groups is 1. The number of aryl methyl sites for hydroxylation is 2. The number of nitrogens with one attached hydrogen (secondary N) is 1. The molecule has 1 N–H and O–H groups in total. The van der Waals surface area contributed by atoms with Crippen molar-refractivity contribution in [2.75, 3.05) is 24.5 Å². The summed E-state index contributed by atoms with van der Waals surface area (Å²) in [7, 11) is 0. The van der Waals surface area contributed by atoms with Gasteiger partial charge in [-0.05, 0) is 44.7 Å². The average molecular weight is 393 g/mol. The van der Waals surface area contributed by atoms with Crippen molar-refractivity contribution in [3.8, 4) is 0 Å². The first-order chi connectivity index (χ1) is 13.3. The van der Waals surface area contributed by atoms with E-state index in [1.54, 1.807) is 19.9 Å². The largest absolute Gasteiger partial charge is 0.433 e. The number of pyridine rings is 1. The van der Waals surface area contributed by atoms with Crippen LogP contribution in [0.25, 0.3) is 0 Å². The van der Waals surface area contributed by atoms with Crippen molar-refractivity contribution < 1.29 is 18.0 Å². The summed E-state index contributed by atoms with van der Waals surface area (Å²) in [5.41, 5.74) is 0.884. The lowest BCUT2D eigenvalue weighted by molar-refractivity contribution is -0.141. The minimum absolute atomic E-state index is 0.197. The number of hydrogen-bond acceptors (Lipinski definition) is 5. The van der Waals surface area contributed by atoms with Crippen LogP contribution in [0.3, 0.4) is 0 Å². The zero-order valence-electron chi connectivity index (χ0n) is 15.8. The molecule has 2 aromatic heterocycles. The minimum Gasteiger partial charge on any atom is -0.357 e. The Morgan fingerprint density at radius 3 is 2.43 bits per heavy atom. The molecule has 0 aromatic carbocycles. The van der Waals surface area contributed by atoms with Gasteiger partial charge in [-0.3, -0.25) is 4.79 Å². The Kier molecular flexibility index (Phi) is 5.81. The van der Waals surface area contributed by atoms with Crippen LogP contribution in [0.2, 0.25) is 0 Å². The number of carbonyl (C=O) groups excluding carboxylic acids is 1. The third kappa shape index (κ3) is 4.58. The van der Waals surface area contributed by atoms with Gasteiger partial charge in [-0.15, -0.1) is 0 Å². The molecule has 1 aliphatic heterocycles. The molecule has 0 atom stereocenters. The van der Waals surface area contributed by atoms with Crippen LogP contribution < -0.4 is 10.2 Å². The molecule has 2 aromatic rings. The SMILES string of the molecule is Cc1ncnc(C)c1C(=O)NCC1CCN(c2cccc(C(F)(F)F)n2)CC1. The van der Waals surface area contributed by atoms with E-state index in [0.29, 0.717) is 42.4 Å². The van der Waals surface area contributed by atoms with Gasteiger partial charge >= 0.3 is 6.18 Å². The maximum absolute atomic E-state index is 12.8. The number of nitrogens with zero attached hydrogens (tertiary/aromatic N) is 4. The van der Waals surface area contributed by atoms with E-state index in [1.807, 2.05) is 4.90 Å². The molecule has 3 rings (SSSR count). The fourth-order valence-electron chi connectivity index (χ4n) is 3.37. The Morgan fingerprint density at radius 2 is 1.82 bits per heavy atom. The molecule has 6 nitrogen and oxygen atoms in total. The van der Waals surface area contributed by atoms with Crippen LogP contribution >= 0.6 is 0 Å². The molecule has 0 aliphatic carbocycles. The third-order valence-electron chi connectivity index (χ3n) is 4.97. The summed E-state index contributed by atoms with van der Waals surface area (Å²) in [5, 5.41) is 2.93. The van der Waals surface area contributed by atoms with E-state index in [2.05, 4.69) is 20.3 Å². The predicted octanol–water partition coefficient (Wildman–Crippen LogP) is 3.15. The van der Waals surface area contributed by atoms with Gasteiger partial charge in [0.15, 0.2) is 0 Å². The molecule has 0 radical (unpaired) electrons. The summed E-state index contributed by atoms with van der Waals surface area (Å²) in [5.74, 6) is 0.402. The van der Waals surface area contributed by atoms with Crippen molar-refractivity contribution in [3.63, 3.8) is 0 Å².